The fraction of sp³-hybridized carbons (Fsp3) is 0.278. The molecule has 1 fully saturated rings. The van der Waals surface area contributed by atoms with E-state index in [0.717, 1.165) is 12.8 Å². The number of aromatic carboxylic acids is 1. The van der Waals surface area contributed by atoms with E-state index < -0.39 is 12.0 Å². The van der Waals surface area contributed by atoms with Crippen LogP contribution in [-0.4, -0.2) is 40.4 Å². The molecule has 1 unspecified atom stereocenters. The molecule has 8 heteroatoms. The van der Waals surface area contributed by atoms with Crippen molar-refractivity contribution in [1.82, 2.24) is 4.90 Å². The quantitative estimate of drug-likeness (QED) is 0.853. The van der Waals surface area contributed by atoms with Gasteiger partial charge in [-0.25, -0.2) is 4.79 Å². The van der Waals surface area contributed by atoms with Crippen LogP contribution < -0.4 is 5.32 Å². The topological polar surface area (TPSA) is 99.9 Å². The minimum atomic E-state index is -1.14. The van der Waals surface area contributed by atoms with Crippen molar-refractivity contribution in [2.24, 2.45) is 0 Å². The molecule has 0 radical (unpaired) electrons. The maximum Gasteiger partial charge on any atom is 0.337 e. The average Bonchev–Trinajstić information content (AvgIpc) is 3.15. The molecule has 2 aromatic rings. The van der Waals surface area contributed by atoms with Crippen LogP contribution in [-0.2, 0) is 4.79 Å². The predicted octanol–water partition coefficient (Wildman–Crippen LogP) is 3.26. The molecule has 1 atom stereocenters. The van der Waals surface area contributed by atoms with Crippen molar-refractivity contribution in [3.8, 4) is 0 Å². The number of carbonyl (C=O) groups excluding carboxylic acids is 2. The first-order valence-corrected chi connectivity index (χ1v) is 8.53. The Labute approximate surface area is 154 Å². The van der Waals surface area contributed by atoms with Gasteiger partial charge in [0.05, 0.1) is 16.8 Å². The predicted molar refractivity (Wildman–Crippen MR) is 94.4 cm³/mol. The van der Waals surface area contributed by atoms with Gasteiger partial charge in [0.1, 0.15) is 6.04 Å². The number of carboxylic acids is 1. The number of nitrogens with zero attached hydrogens (tertiary/aromatic N) is 1. The zero-order chi connectivity index (χ0) is 18.7. The summed E-state index contributed by atoms with van der Waals surface area (Å²) in [6.45, 7) is 0.469. The van der Waals surface area contributed by atoms with Gasteiger partial charge in [0.15, 0.2) is 5.76 Å². The summed E-state index contributed by atoms with van der Waals surface area (Å²) < 4.78 is 5.15. The molecule has 1 saturated heterocycles. The number of benzene rings is 1. The van der Waals surface area contributed by atoms with Crippen LogP contribution in [0.3, 0.4) is 0 Å². The molecule has 1 aliphatic rings. The van der Waals surface area contributed by atoms with Gasteiger partial charge in [-0.2, -0.15) is 0 Å². The Kier molecular flexibility index (Phi) is 5.27. The second-order valence-electron chi connectivity index (χ2n) is 5.98. The molecule has 2 amide bonds. The maximum atomic E-state index is 12.7. The third-order valence-corrected chi connectivity index (χ3v) is 4.58. The highest BCUT2D eigenvalue weighted by molar-refractivity contribution is 6.33. The lowest BCUT2D eigenvalue weighted by atomic mass is 10.0. The van der Waals surface area contributed by atoms with E-state index in [1.54, 1.807) is 12.1 Å². The second-order valence-corrected chi connectivity index (χ2v) is 6.38. The van der Waals surface area contributed by atoms with E-state index >= 15 is 0 Å². The minimum Gasteiger partial charge on any atom is -0.478 e. The molecule has 1 aromatic heterocycles. The first kappa shape index (κ1) is 18.0. The van der Waals surface area contributed by atoms with E-state index in [4.69, 9.17) is 21.1 Å². The smallest absolute Gasteiger partial charge is 0.337 e. The largest absolute Gasteiger partial charge is 0.478 e. The number of halogens is 1. The van der Waals surface area contributed by atoms with Gasteiger partial charge in [0, 0.05) is 12.2 Å². The van der Waals surface area contributed by atoms with Gasteiger partial charge in [-0.1, -0.05) is 11.6 Å². The Bertz CT molecular complexity index is 834. The Morgan fingerprint density at radius 1 is 1.23 bits per heavy atom. The number of furan rings is 1. The van der Waals surface area contributed by atoms with Crippen LogP contribution in [0.2, 0.25) is 5.02 Å². The van der Waals surface area contributed by atoms with Gasteiger partial charge in [-0.3, -0.25) is 9.59 Å². The lowest BCUT2D eigenvalue weighted by Crippen LogP contribution is -2.49. The summed E-state index contributed by atoms with van der Waals surface area (Å²) in [6, 6.07) is 6.74. The normalized spacial score (nSPS) is 17.0. The van der Waals surface area contributed by atoms with Crippen LogP contribution in [0.4, 0.5) is 5.69 Å². The highest BCUT2D eigenvalue weighted by Crippen LogP contribution is 2.24. The zero-order valence-electron chi connectivity index (χ0n) is 13.8. The van der Waals surface area contributed by atoms with E-state index in [1.165, 1.54) is 29.4 Å². The average molecular weight is 377 g/mol. The highest BCUT2D eigenvalue weighted by Gasteiger charge is 2.33. The molecular formula is C18H17ClN2O5. The van der Waals surface area contributed by atoms with Crippen LogP contribution >= 0.6 is 11.6 Å². The first-order chi connectivity index (χ1) is 12.5. The number of anilines is 1. The van der Waals surface area contributed by atoms with Crippen molar-refractivity contribution in [3.63, 3.8) is 0 Å². The summed E-state index contributed by atoms with van der Waals surface area (Å²) in [5.74, 6) is -1.62. The fourth-order valence-corrected chi connectivity index (χ4v) is 3.24. The number of carboxylic acid groups (broad SMARTS) is 1. The number of hydrogen-bond donors (Lipinski definition) is 2. The summed E-state index contributed by atoms with van der Waals surface area (Å²) in [5.41, 5.74) is 0.331. The fourth-order valence-electron chi connectivity index (χ4n) is 2.98. The molecule has 0 bridgehead atoms. The number of nitrogens with one attached hydrogen (secondary N) is 1. The molecule has 0 aliphatic carbocycles. The molecule has 7 nitrogen and oxygen atoms in total. The molecule has 136 valence electrons. The van der Waals surface area contributed by atoms with Crippen LogP contribution in [0.5, 0.6) is 0 Å². The van der Waals surface area contributed by atoms with Crippen molar-refractivity contribution in [2.45, 2.75) is 25.3 Å². The van der Waals surface area contributed by atoms with Crippen molar-refractivity contribution in [3.05, 3.63) is 52.9 Å². The Hall–Kier alpha value is -2.80. The molecular weight excluding hydrogens is 360 g/mol. The zero-order valence-corrected chi connectivity index (χ0v) is 14.5. The third kappa shape index (κ3) is 3.72. The van der Waals surface area contributed by atoms with Crippen molar-refractivity contribution < 1.29 is 23.9 Å². The van der Waals surface area contributed by atoms with Crippen molar-refractivity contribution >= 4 is 35.1 Å². The van der Waals surface area contributed by atoms with Crippen LogP contribution in [0.1, 0.15) is 40.2 Å². The first-order valence-electron chi connectivity index (χ1n) is 8.15. The summed E-state index contributed by atoms with van der Waals surface area (Å²) in [7, 11) is 0. The minimum absolute atomic E-state index is 0.0301. The third-order valence-electron chi connectivity index (χ3n) is 4.27. The van der Waals surface area contributed by atoms with Gasteiger partial charge in [0.2, 0.25) is 5.91 Å². The highest BCUT2D eigenvalue weighted by atomic mass is 35.5. The molecule has 0 saturated carbocycles. The van der Waals surface area contributed by atoms with Gasteiger partial charge in [-0.05, 0) is 49.6 Å². The van der Waals surface area contributed by atoms with Gasteiger partial charge in [0.25, 0.3) is 5.91 Å². The molecule has 2 heterocycles. The number of likely N-dealkylation sites (tertiary alicyclic amines) is 1. The summed E-state index contributed by atoms with van der Waals surface area (Å²) in [5, 5.41) is 11.7. The van der Waals surface area contributed by atoms with E-state index in [2.05, 4.69) is 5.32 Å². The second kappa shape index (κ2) is 7.61. The van der Waals surface area contributed by atoms with E-state index in [1.807, 2.05) is 0 Å². The van der Waals surface area contributed by atoms with E-state index in [9.17, 15) is 14.4 Å². The molecule has 1 aliphatic heterocycles. The number of rotatable bonds is 4. The van der Waals surface area contributed by atoms with Crippen molar-refractivity contribution in [2.75, 3.05) is 11.9 Å². The lowest BCUT2D eigenvalue weighted by Gasteiger charge is -2.34. The van der Waals surface area contributed by atoms with E-state index in [0.29, 0.717) is 18.7 Å². The maximum absolute atomic E-state index is 12.7. The molecule has 0 spiro atoms. The Balaban J connectivity index is 1.76. The molecule has 2 N–H and O–H groups in total. The number of hydrogen-bond acceptors (Lipinski definition) is 4. The van der Waals surface area contributed by atoms with E-state index in [-0.39, 0.29) is 28.2 Å². The number of amides is 2. The Morgan fingerprint density at radius 3 is 2.69 bits per heavy atom. The molecule has 1 aromatic carbocycles. The summed E-state index contributed by atoms with van der Waals surface area (Å²) in [6.07, 6.45) is 3.60. The number of carbonyl (C=O) groups is 3. The summed E-state index contributed by atoms with van der Waals surface area (Å²) >= 11 is 5.93. The SMILES string of the molecule is O=C(O)c1ccc(NC(=O)C2CCCCN2C(=O)c2ccco2)cc1Cl. The van der Waals surface area contributed by atoms with Gasteiger partial charge < -0.3 is 19.7 Å². The van der Waals surface area contributed by atoms with Gasteiger partial charge in [-0.15, -0.1) is 0 Å². The van der Waals surface area contributed by atoms with Crippen LogP contribution in [0, 0.1) is 0 Å². The molecule has 3 rings (SSSR count). The van der Waals surface area contributed by atoms with Crippen LogP contribution in [0.25, 0.3) is 0 Å². The number of piperidine rings is 1. The molecule has 26 heavy (non-hydrogen) atoms. The lowest BCUT2D eigenvalue weighted by molar-refractivity contribution is -0.121. The monoisotopic (exact) mass is 376 g/mol. The standard InChI is InChI=1S/C18H17ClN2O5/c19-13-10-11(6-7-12(13)18(24)25)20-16(22)14-4-1-2-8-21(14)17(23)15-5-3-9-26-15/h3,5-7,9-10,14H,1-2,4,8H2,(H,20,22)(H,24,25). The summed E-state index contributed by atoms with van der Waals surface area (Å²) in [4.78, 5) is 37.8. The Morgan fingerprint density at radius 2 is 2.04 bits per heavy atom. The van der Waals surface area contributed by atoms with Crippen LogP contribution in [0.15, 0.2) is 41.0 Å². The van der Waals surface area contributed by atoms with Gasteiger partial charge >= 0.3 is 5.97 Å². The van der Waals surface area contributed by atoms with Crippen molar-refractivity contribution in [1.29, 1.82) is 0 Å².